The molecule has 0 radical (unpaired) electrons. The molecule has 1 aromatic carbocycles. The maximum absolute atomic E-state index is 7.11. The van der Waals surface area contributed by atoms with E-state index in [1.165, 1.54) is 0 Å². The topological polar surface area (TPSA) is 0 Å². The molecule has 1 rings (SSSR count). The van der Waals surface area contributed by atoms with Gasteiger partial charge in [-0.1, -0.05) is 29.8 Å². The summed E-state index contributed by atoms with van der Waals surface area (Å²) >= 11 is 5.50. The first kappa shape index (κ1) is 2.73. The van der Waals surface area contributed by atoms with Gasteiger partial charge in [-0.2, -0.15) is 0 Å². The van der Waals surface area contributed by atoms with Crippen molar-refractivity contribution in [1.29, 1.82) is 0 Å². The zero-order valence-electron chi connectivity index (χ0n) is 5.61. The Balaban J connectivity index is 3.25. The Hall–Kier alpha value is -0.490. The van der Waals surface area contributed by atoms with Crippen LogP contribution in [0.4, 0.5) is 0 Å². The van der Waals surface area contributed by atoms with Crippen LogP contribution in [0.3, 0.4) is 0 Å². The number of hydrogen-bond donors (Lipinski definition) is 0. The largest absolute Gasteiger partial charge is 0.0843 e. The molecular weight excluding hydrogens is 108 g/mol. The van der Waals surface area contributed by atoms with E-state index >= 15 is 0 Å². The second-order valence-electron chi connectivity index (χ2n) is 1.13. The molecule has 0 amide bonds. The zero-order chi connectivity index (χ0) is 6.85. The van der Waals surface area contributed by atoms with E-state index in [2.05, 4.69) is 0 Å². The Morgan fingerprint density at radius 1 is 1.29 bits per heavy atom. The normalized spacial score (nSPS) is 12.7. The quantitative estimate of drug-likeness (QED) is 0.486. The molecule has 36 valence electrons. The van der Waals surface area contributed by atoms with Gasteiger partial charge in [0.1, 0.15) is 0 Å². The molecule has 0 nitrogen and oxygen atoms in total. The van der Waals surface area contributed by atoms with E-state index in [0.29, 0.717) is 0 Å². The third kappa shape index (κ3) is 1.20. The Bertz CT molecular complexity index is 202. The van der Waals surface area contributed by atoms with Crippen molar-refractivity contribution in [3.8, 4) is 0 Å². The predicted octanol–water partition coefficient (Wildman–Crippen LogP) is 2.34. The number of benzene rings is 1. The lowest BCUT2D eigenvalue weighted by Gasteiger charge is -1.80. The Labute approximate surface area is 50.5 Å². The van der Waals surface area contributed by atoms with E-state index in [9.17, 15) is 0 Å². The molecular formula is C6H5Cl. The number of halogens is 1. The van der Waals surface area contributed by atoms with E-state index in [-0.39, 0.29) is 17.1 Å². The van der Waals surface area contributed by atoms with Crippen LogP contribution < -0.4 is 0 Å². The fourth-order valence-electron chi connectivity index (χ4n) is 0.332. The monoisotopic (exact) mass is 114 g/mol. The molecule has 0 aliphatic rings. The highest BCUT2D eigenvalue weighted by Gasteiger charge is 1.74. The van der Waals surface area contributed by atoms with Crippen LogP contribution in [0.25, 0.3) is 0 Å². The minimum atomic E-state index is 0.212. The van der Waals surface area contributed by atoms with Crippen LogP contribution in [-0.2, 0) is 0 Å². The fourth-order valence-corrected chi connectivity index (χ4v) is 0.458. The lowest BCUT2D eigenvalue weighted by atomic mass is 10.4. The molecule has 0 unspecified atom stereocenters. The molecule has 0 N–H and O–H groups in total. The lowest BCUT2D eigenvalue weighted by molar-refractivity contribution is 1.71. The average Bonchev–Trinajstić information content (AvgIpc) is 1.83. The molecule has 0 aliphatic heterocycles. The second kappa shape index (κ2) is 1.99. The summed E-state index contributed by atoms with van der Waals surface area (Å²) in [7, 11) is 0. The van der Waals surface area contributed by atoms with Gasteiger partial charge in [0, 0.05) is 5.02 Å². The Morgan fingerprint density at radius 2 is 1.86 bits per heavy atom. The third-order valence-electron chi connectivity index (χ3n) is 0.613. The molecule has 0 saturated carbocycles. The first-order valence-corrected chi connectivity index (χ1v) is 2.31. The molecule has 1 aromatic rings. The summed E-state index contributed by atoms with van der Waals surface area (Å²) in [6.45, 7) is 0. The second-order valence-corrected chi connectivity index (χ2v) is 1.51. The minimum absolute atomic E-state index is 0.212. The lowest BCUT2D eigenvalue weighted by Crippen LogP contribution is -1.55. The molecule has 0 atom stereocenters. The number of rotatable bonds is 0. The smallest absolute Gasteiger partial charge is 0.0638 e. The standard InChI is InChI=1S/C6H5Cl/c7-6-4-2-1-3-5-6/h1-5H/i4D,5D. The fraction of sp³-hybridized carbons (Fsp3) is 0. The highest BCUT2D eigenvalue weighted by atomic mass is 35.5. The number of hydrogen-bond acceptors (Lipinski definition) is 0. The molecule has 0 bridgehead atoms. The van der Waals surface area contributed by atoms with Crippen LogP contribution in [0.5, 0.6) is 0 Å². The molecule has 1 heteroatoms. The molecule has 0 aromatic heterocycles. The van der Waals surface area contributed by atoms with Gasteiger partial charge in [0.05, 0.1) is 2.74 Å². The van der Waals surface area contributed by atoms with Crippen LogP contribution in [0.15, 0.2) is 30.3 Å². The minimum Gasteiger partial charge on any atom is -0.0843 e. The van der Waals surface area contributed by atoms with Gasteiger partial charge >= 0.3 is 0 Å². The maximum Gasteiger partial charge on any atom is 0.0638 e. The predicted molar refractivity (Wildman–Crippen MR) is 31.5 cm³/mol. The van der Waals surface area contributed by atoms with Gasteiger partial charge in [-0.25, -0.2) is 0 Å². The van der Waals surface area contributed by atoms with E-state index < -0.39 is 0 Å². The van der Waals surface area contributed by atoms with Crippen LogP contribution >= 0.6 is 11.6 Å². The first-order valence-electron chi connectivity index (χ1n) is 2.93. The average molecular weight is 115 g/mol. The summed E-state index contributed by atoms with van der Waals surface area (Å²) < 4.78 is 14.2. The molecule has 0 fully saturated rings. The van der Waals surface area contributed by atoms with E-state index in [1.807, 2.05) is 0 Å². The van der Waals surface area contributed by atoms with Crippen LogP contribution in [0.2, 0.25) is 5.02 Å². The summed E-state index contributed by atoms with van der Waals surface area (Å²) in [5.74, 6) is 0. The van der Waals surface area contributed by atoms with Gasteiger partial charge in [0.25, 0.3) is 0 Å². The van der Waals surface area contributed by atoms with Gasteiger partial charge in [0.2, 0.25) is 0 Å². The summed E-state index contributed by atoms with van der Waals surface area (Å²) in [5, 5.41) is 0.220. The van der Waals surface area contributed by atoms with Crippen molar-refractivity contribution >= 4 is 11.6 Å². The molecule has 0 aliphatic carbocycles. The van der Waals surface area contributed by atoms with Crippen LogP contribution in [0.1, 0.15) is 2.74 Å². The van der Waals surface area contributed by atoms with Crippen molar-refractivity contribution in [3.05, 3.63) is 35.3 Å². The van der Waals surface area contributed by atoms with E-state index in [0.717, 1.165) is 0 Å². The highest BCUT2D eigenvalue weighted by Crippen LogP contribution is 2.03. The molecule has 7 heavy (non-hydrogen) atoms. The third-order valence-corrected chi connectivity index (χ3v) is 0.831. The Morgan fingerprint density at radius 3 is 2.29 bits per heavy atom. The highest BCUT2D eigenvalue weighted by molar-refractivity contribution is 6.30. The van der Waals surface area contributed by atoms with Crippen molar-refractivity contribution < 1.29 is 2.74 Å². The molecule has 0 spiro atoms. The summed E-state index contributed by atoms with van der Waals surface area (Å²) in [4.78, 5) is 0. The maximum atomic E-state index is 7.11. The van der Waals surface area contributed by atoms with E-state index in [4.69, 9.17) is 14.3 Å². The van der Waals surface area contributed by atoms with Crippen molar-refractivity contribution in [2.75, 3.05) is 0 Å². The van der Waals surface area contributed by atoms with Gasteiger partial charge in [-0.15, -0.1) is 0 Å². The van der Waals surface area contributed by atoms with Crippen LogP contribution in [0, 0.1) is 0 Å². The van der Waals surface area contributed by atoms with Gasteiger partial charge in [-0.3, -0.25) is 0 Å². The molecule has 0 heterocycles. The summed E-state index contributed by atoms with van der Waals surface area (Å²) in [5.41, 5.74) is 0. The van der Waals surface area contributed by atoms with Crippen molar-refractivity contribution in [3.63, 3.8) is 0 Å². The van der Waals surface area contributed by atoms with E-state index in [1.54, 1.807) is 18.2 Å². The zero-order valence-corrected chi connectivity index (χ0v) is 4.37. The SMILES string of the molecule is [2H]c1cccc([2H])c1Cl. The van der Waals surface area contributed by atoms with Crippen LogP contribution in [-0.4, -0.2) is 0 Å². The Kier molecular flexibility index (Phi) is 0.775. The van der Waals surface area contributed by atoms with Crippen molar-refractivity contribution in [1.82, 2.24) is 0 Å². The van der Waals surface area contributed by atoms with Crippen molar-refractivity contribution in [2.24, 2.45) is 0 Å². The van der Waals surface area contributed by atoms with Gasteiger partial charge in [-0.05, 0) is 12.1 Å². The van der Waals surface area contributed by atoms with Gasteiger partial charge in [0.15, 0.2) is 0 Å². The summed E-state index contributed by atoms with van der Waals surface area (Å²) in [6.07, 6.45) is 0. The van der Waals surface area contributed by atoms with Gasteiger partial charge < -0.3 is 0 Å². The van der Waals surface area contributed by atoms with Crippen molar-refractivity contribution in [2.45, 2.75) is 0 Å². The molecule has 0 saturated heterocycles. The summed E-state index contributed by atoms with van der Waals surface area (Å²) in [6, 6.07) is 5.17. The first-order chi connectivity index (χ1) is 4.22.